The summed E-state index contributed by atoms with van der Waals surface area (Å²) in [7, 11) is 0. The molecule has 0 aromatic carbocycles. The molecule has 4 saturated carbocycles. The van der Waals surface area contributed by atoms with Crippen molar-refractivity contribution in [3.05, 3.63) is 38.0 Å². The van der Waals surface area contributed by atoms with Crippen LogP contribution in [-0.4, -0.2) is 6.04 Å². The molecule has 4 fully saturated rings. The molecule has 26 heavy (non-hydrogen) atoms. The molecule has 0 heterocycles. The van der Waals surface area contributed by atoms with Gasteiger partial charge in [0.2, 0.25) is 0 Å². The second kappa shape index (κ2) is 8.46. The normalized spacial score (nSPS) is 44.8. The van der Waals surface area contributed by atoms with Gasteiger partial charge in [-0.05, 0) is 92.3 Å². The minimum absolute atomic E-state index is 0.505. The van der Waals surface area contributed by atoms with Gasteiger partial charge in [-0.25, -0.2) is 0 Å². The van der Waals surface area contributed by atoms with E-state index >= 15 is 0 Å². The summed E-state index contributed by atoms with van der Waals surface area (Å²) < 4.78 is 0. The summed E-state index contributed by atoms with van der Waals surface area (Å²) in [6.07, 6.45) is 17.1. The van der Waals surface area contributed by atoms with Crippen molar-refractivity contribution in [2.75, 3.05) is 0 Å². The smallest absolute Gasteiger partial charge is 0.0135 e. The molecule has 0 aromatic heterocycles. The summed E-state index contributed by atoms with van der Waals surface area (Å²) in [4.78, 5) is 0. The molecule has 0 amide bonds. The molecule has 1 heteroatoms. The second-order valence-electron chi connectivity index (χ2n) is 9.06. The van der Waals surface area contributed by atoms with Gasteiger partial charge in [0, 0.05) is 6.04 Å². The highest BCUT2D eigenvalue weighted by Crippen LogP contribution is 2.77. The van der Waals surface area contributed by atoms with Crippen molar-refractivity contribution in [3.8, 4) is 0 Å². The quantitative estimate of drug-likeness (QED) is 0.476. The molecule has 0 aliphatic heterocycles. The maximum absolute atomic E-state index is 6.92. The maximum atomic E-state index is 6.92. The second-order valence-corrected chi connectivity index (χ2v) is 9.06. The molecule has 0 radical (unpaired) electrons. The van der Waals surface area contributed by atoms with Crippen LogP contribution in [0.1, 0.15) is 72.6 Å². The van der Waals surface area contributed by atoms with Crippen LogP contribution >= 0.6 is 0 Å². The van der Waals surface area contributed by atoms with E-state index in [1.54, 1.807) is 6.08 Å². The maximum Gasteiger partial charge on any atom is 0.0135 e. The van der Waals surface area contributed by atoms with Crippen LogP contribution in [0, 0.1) is 40.4 Å². The summed E-state index contributed by atoms with van der Waals surface area (Å²) in [5, 5.41) is 0. The molecule has 2 bridgehead atoms. The average Bonchev–Trinajstić information content (AvgIpc) is 3.34. The van der Waals surface area contributed by atoms with Crippen LogP contribution in [0.25, 0.3) is 0 Å². The zero-order valence-electron chi connectivity index (χ0n) is 17.8. The Hall–Kier alpha value is -0.820. The van der Waals surface area contributed by atoms with Crippen LogP contribution in [0.5, 0.6) is 0 Å². The van der Waals surface area contributed by atoms with Crippen LogP contribution in [0.3, 0.4) is 0 Å². The Balaban J connectivity index is 0.000000311. The highest BCUT2D eigenvalue weighted by Gasteiger charge is 2.71. The topological polar surface area (TPSA) is 26.0 Å². The van der Waals surface area contributed by atoms with E-state index in [2.05, 4.69) is 38.8 Å². The fourth-order valence-corrected chi connectivity index (χ4v) is 7.33. The molecule has 2 spiro atoms. The SMILES string of the molecule is C=C.C=CC.CC.CC1C=CCC2C1C(N)C13CC(CCC21)C1(CC1)C3. The molecule has 0 saturated heterocycles. The number of nitrogens with two attached hydrogens (primary N) is 1. The minimum atomic E-state index is 0.505. The van der Waals surface area contributed by atoms with Crippen molar-refractivity contribution in [1.29, 1.82) is 0 Å². The van der Waals surface area contributed by atoms with E-state index < -0.39 is 0 Å². The van der Waals surface area contributed by atoms with Gasteiger partial charge in [-0.3, -0.25) is 0 Å². The van der Waals surface area contributed by atoms with Gasteiger partial charge in [0.1, 0.15) is 0 Å². The lowest BCUT2D eigenvalue weighted by Crippen LogP contribution is -2.44. The Morgan fingerprint density at radius 3 is 2.35 bits per heavy atom. The molecule has 7 unspecified atom stereocenters. The third kappa shape index (κ3) is 3.15. The van der Waals surface area contributed by atoms with E-state index in [1.807, 2.05) is 20.8 Å². The number of rotatable bonds is 0. The van der Waals surface area contributed by atoms with E-state index in [4.69, 9.17) is 5.73 Å². The number of hydrogen-bond acceptors (Lipinski definition) is 1. The van der Waals surface area contributed by atoms with Crippen molar-refractivity contribution in [2.24, 2.45) is 46.2 Å². The Labute approximate surface area is 163 Å². The van der Waals surface area contributed by atoms with Crippen molar-refractivity contribution >= 4 is 0 Å². The highest BCUT2D eigenvalue weighted by molar-refractivity contribution is 5.23. The van der Waals surface area contributed by atoms with Gasteiger partial charge in [0.15, 0.2) is 0 Å². The molecule has 2 N–H and O–H groups in total. The first-order valence-electron chi connectivity index (χ1n) is 11.1. The van der Waals surface area contributed by atoms with Gasteiger partial charge in [-0.15, -0.1) is 19.7 Å². The molecular formula is C25H43N. The summed E-state index contributed by atoms with van der Waals surface area (Å²) >= 11 is 0. The Kier molecular flexibility index (Phi) is 6.99. The van der Waals surface area contributed by atoms with Gasteiger partial charge in [-0.2, -0.15) is 0 Å². The van der Waals surface area contributed by atoms with Gasteiger partial charge >= 0.3 is 0 Å². The van der Waals surface area contributed by atoms with Crippen LogP contribution in [0.4, 0.5) is 0 Å². The lowest BCUT2D eigenvalue weighted by molar-refractivity contribution is 0.108. The Morgan fingerprint density at radius 2 is 1.77 bits per heavy atom. The Bertz CT molecular complexity index is 502. The first kappa shape index (κ1) is 21.5. The molecule has 5 aliphatic carbocycles. The lowest BCUT2D eigenvalue weighted by Gasteiger charge is -2.40. The molecule has 5 aliphatic rings. The molecular weight excluding hydrogens is 314 g/mol. The summed E-state index contributed by atoms with van der Waals surface area (Å²) in [6.45, 7) is 17.7. The summed E-state index contributed by atoms with van der Waals surface area (Å²) in [5.74, 6) is 4.46. The standard InChI is InChI=1S/C18H27N.C3H6.C2H6.C2H4/c1-11-3-2-4-13-14-6-5-12-9-18(14,16(19)15(11)13)10-17(12)7-8-17;1-3-2;2*1-2/h2-3,11-16H,4-10,19H2,1H3;3H,1H2,2H3;1-2H3;1-2H2. The van der Waals surface area contributed by atoms with E-state index in [0.29, 0.717) is 11.5 Å². The largest absolute Gasteiger partial charge is 0.327 e. The third-order valence-electron chi connectivity index (χ3n) is 8.18. The van der Waals surface area contributed by atoms with Crippen molar-refractivity contribution in [2.45, 2.75) is 78.7 Å². The van der Waals surface area contributed by atoms with Crippen LogP contribution < -0.4 is 5.73 Å². The van der Waals surface area contributed by atoms with Gasteiger partial charge in [0.05, 0.1) is 0 Å². The fraction of sp³-hybridized carbons (Fsp3) is 0.760. The molecule has 0 aromatic rings. The van der Waals surface area contributed by atoms with E-state index in [1.165, 1.54) is 44.9 Å². The number of allylic oxidation sites excluding steroid dienone is 3. The summed E-state index contributed by atoms with van der Waals surface area (Å²) in [6, 6.07) is 0.505. The lowest BCUT2D eigenvalue weighted by atomic mass is 9.66. The number of fused-ring (bicyclic) bond motifs is 4. The summed E-state index contributed by atoms with van der Waals surface area (Å²) in [5.41, 5.74) is 8.27. The third-order valence-corrected chi connectivity index (χ3v) is 8.18. The van der Waals surface area contributed by atoms with Crippen molar-refractivity contribution in [3.63, 3.8) is 0 Å². The highest BCUT2D eigenvalue weighted by atomic mass is 14.9. The zero-order valence-corrected chi connectivity index (χ0v) is 17.8. The van der Waals surface area contributed by atoms with Gasteiger partial charge < -0.3 is 5.73 Å². The Morgan fingerprint density at radius 1 is 1.15 bits per heavy atom. The van der Waals surface area contributed by atoms with E-state index in [9.17, 15) is 0 Å². The molecule has 1 nitrogen and oxygen atoms in total. The monoisotopic (exact) mass is 357 g/mol. The molecule has 5 rings (SSSR count). The molecule has 148 valence electrons. The number of hydrogen-bond donors (Lipinski definition) is 1. The van der Waals surface area contributed by atoms with Gasteiger partial charge in [-0.1, -0.05) is 39.0 Å². The first-order valence-corrected chi connectivity index (χ1v) is 11.1. The fourth-order valence-electron chi connectivity index (χ4n) is 7.33. The predicted octanol–water partition coefficient (Wildman–Crippen LogP) is 6.76. The minimum Gasteiger partial charge on any atom is -0.327 e. The predicted molar refractivity (Wildman–Crippen MR) is 116 cm³/mol. The van der Waals surface area contributed by atoms with Crippen LogP contribution in [0.15, 0.2) is 38.0 Å². The zero-order chi connectivity index (χ0) is 19.5. The molecule has 7 atom stereocenters. The van der Waals surface area contributed by atoms with Crippen molar-refractivity contribution in [1.82, 2.24) is 0 Å². The first-order chi connectivity index (χ1) is 12.6. The van der Waals surface area contributed by atoms with E-state index in [-0.39, 0.29) is 0 Å². The van der Waals surface area contributed by atoms with Crippen molar-refractivity contribution < 1.29 is 0 Å². The average molecular weight is 358 g/mol. The van der Waals surface area contributed by atoms with Gasteiger partial charge in [0.25, 0.3) is 0 Å². The van der Waals surface area contributed by atoms with E-state index in [0.717, 1.165) is 35.0 Å². The van der Waals surface area contributed by atoms with Crippen LogP contribution in [-0.2, 0) is 0 Å². The van der Waals surface area contributed by atoms with Crippen LogP contribution in [0.2, 0.25) is 0 Å².